The average molecular weight is 337 g/mol. The summed E-state index contributed by atoms with van der Waals surface area (Å²) in [6.45, 7) is 0.564. The molecule has 0 saturated carbocycles. The van der Waals surface area contributed by atoms with Crippen LogP contribution in [0.25, 0.3) is 16.9 Å². The lowest BCUT2D eigenvalue weighted by molar-refractivity contribution is 0.0600. The largest absolute Gasteiger partial charge is 0.465 e. The number of aryl methyl sites for hydroxylation is 2. The molecule has 0 saturated heterocycles. The number of hydrogen-bond donors (Lipinski definition) is 1. The summed E-state index contributed by atoms with van der Waals surface area (Å²) in [6.07, 6.45) is 7.89. The Morgan fingerprint density at radius 1 is 1.28 bits per heavy atom. The first-order valence-corrected chi connectivity index (χ1v) is 7.75. The Bertz CT molecular complexity index is 1060. The normalized spacial score (nSPS) is 11.2. The van der Waals surface area contributed by atoms with Gasteiger partial charge in [-0.2, -0.15) is 5.10 Å². The Morgan fingerprint density at radius 3 is 2.96 bits per heavy atom. The second-order valence-electron chi connectivity index (χ2n) is 5.66. The summed E-state index contributed by atoms with van der Waals surface area (Å²) in [5.41, 5.74) is 2.41. The predicted octanol–water partition coefficient (Wildman–Crippen LogP) is 1.35. The predicted molar refractivity (Wildman–Crippen MR) is 89.7 cm³/mol. The van der Waals surface area contributed by atoms with Gasteiger partial charge in [-0.25, -0.2) is 14.9 Å². The minimum atomic E-state index is -0.529. The summed E-state index contributed by atoms with van der Waals surface area (Å²) in [5, 5.41) is 6.28. The van der Waals surface area contributed by atoms with Crippen molar-refractivity contribution in [1.82, 2.24) is 24.1 Å². The van der Waals surface area contributed by atoms with Crippen LogP contribution in [0, 0.1) is 0 Å². The zero-order chi connectivity index (χ0) is 17.4. The highest BCUT2D eigenvalue weighted by molar-refractivity contribution is 5.95. The number of hydrogen-bond acceptors (Lipinski definition) is 5. The van der Waals surface area contributed by atoms with Crippen LogP contribution in [0.15, 0.2) is 47.8 Å². The van der Waals surface area contributed by atoms with Crippen molar-refractivity contribution in [2.24, 2.45) is 0 Å². The molecule has 0 aromatic carbocycles. The maximum absolute atomic E-state index is 12.0. The van der Waals surface area contributed by atoms with E-state index < -0.39 is 5.97 Å². The number of ether oxygens (including phenoxy) is 1. The number of nitrogens with zero attached hydrogens (tertiary/aromatic N) is 4. The van der Waals surface area contributed by atoms with Crippen LogP contribution in [0.5, 0.6) is 0 Å². The third kappa shape index (κ3) is 2.67. The van der Waals surface area contributed by atoms with E-state index in [2.05, 4.69) is 15.2 Å². The molecule has 8 nitrogen and oxygen atoms in total. The van der Waals surface area contributed by atoms with Gasteiger partial charge in [0, 0.05) is 37.8 Å². The molecule has 0 radical (unpaired) electrons. The molecule has 0 unspecified atom stereocenters. The smallest absolute Gasteiger partial charge is 0.341 e. The molecule has 126 valence electrons. The quantitative estimate of drug-likeness (QED) is 0.567. The van der Waals surface area contributed by atoms with Crippen LogP contribution in [0.4, 0.5) is 0 Å². The van der Waals surface area contributed by atoms with E-state index in [1.54, 1.807) is 17.0 Å². The SMILES string of the molecule is COC(=O)c1cn(CCc2cn3ccccc3n2)cc2c(=O)[nH]nc1-2. The lowest BCUT2D eigenvalue weighted by atomic mass is 10.1. The molecule has 0 amide bonds. The number of methoxy groups -OCH3 is 1. The molecule has 4 heterocycles. The number of esters is 1. The lowest BCUT2D eigenvalue weighted by Gasteiger charge is -2.11. The number of rotatable bonds is 4. The van der Waals surface area contributed by atoms with Gasteiger partial charge in [-0.1, -0.05) is 6.07 Å². The topological polar surface area (TPSA) is 94.3 Å². The summed E-state index contributed by atoms with van der Waals surface area (Å²) in [5.74, 6) is -0.529. The Balaban J connectivity index is 1.66. The number of carbonyl (C=O) groups is 1. The molecule has 0 aliphatic carbocycles. The van der Waals surface area contributed by atoms with E-state index in [-0.39, 0.29) is 11.1 Å². The number of carbonyl (C=O) groups excluding carboxylic acids is 1. The highest BCUT2D eigenvalue weighted by atomic mass is 16.5. The molecule has 0 bridgehead atoms. The second-order valence-corrected chi connectivity index (χ2v) is 5.66. The molecular weight excluding hydrogens is 322 g/mol. The van der Waals surface area contributed by atoms with Crippen molar-refractivity contribution >= 4 is 11.6 Å². The van der Waals surface area contributed by atoms with E-state index in [1.165, 1.54) is 7.11 Å². The zero-order valence-electron chi connectivity index (χ0n) is 13.5. The van der Waals surface area contributed by atoms with Gasteiger partial charge in [-0.05, 0) is 12.1 Å². The number of H-pyrrole nitrogens is 1. The van der Waals surface area contributed by atoms with Gasteiger partial charge in [-0.3, -0.25) is 4.79 Å². The Labute approximate surface area is 142 Å². The monoisotopic (exact) mass is 337 g/mol. The number of pyridine rings is 2. The van der Waals surface area contributed by atoms with Gasteiger partial charge < -0.3 is 13.7 Å². The van der Waals surface area contributed by atoms with Crippen LogP contribution in [-0.4, -0.2) is 37.2 Å². The van der Waals surface area contributed by atoms with Crippen LogP contribution in [-0.2, 0) is 17.7 Å². The Kier molecular flexibility index (Phi) is 3.57. The molecule has 0 spiro atoms. The third-order valence-corrected chi connectivity index (χ3v) is 4.06. The highest BCUT2D eigenvalue weighted by Gasteiger charge is 2.21. The molecular formula is C17H15N5O3. The minimum absolute atomic E-state index is 0.258. The van der Waals surface area contributed by atoms with Crippen molar-refractivity contribution in [3.63, 3.8) is 0 Å². The Hall–Kier alpha value is -3.42. The summed E-state index contributed by atoms with van der Waals surface area (Å²) in [4.78, 5) is 28.4. The molecule has 1 N–H and O–H groups in total. The van der Waals surface area contributed by atoms with Gasteiger partial charge >= 0.3 is 5.97 Å². The maximum Gasteiger partial charge on any atom is 0.341 e. The van der Waals surface area contributed by atoms with Crippen molar-refractivity contribution in [2.75, 3.05) is 7.11 Å². The molecule has 0 atom stereocenters. The van der Waals surface area contributed by atoms with E-state index in [1.807, 2.05) is 35.0 Å². The number of aromatic nitrogens is 5. The lowest BCUT2D eigenvalue weighted by Crippen LogP contribution is -2.13. The van der Waals surface area contributed by atoms with Crippen LogP contribution >= 0.6 is 0 Å². The first-order valence-electron chi connectivity index (χ1n) is 7.75. The number of nitrogens with one attached hydrogen (secondary N) is 1. The van der Waals surface area contributed by atoms with Gasteiger partial charge in [-0.15, -0.1) is 0 Å². The number of imidazole rings is 1. The van der Waals surface area contributed by atoms with E-state index in [0.717, 1.165) is 11.3 Å². The van der Waals surface area contributed by atoms with Crippen molar-refractivity contribution in [3.8, 4) is 11.3 Å². The first-order chi connectivity index (χ1) is 12.2. The summed E-state index contributed by atoms with van der Waals surface area (Å²) in [7, 11) is 1.30. The molecule has 0 fully saturated rings. The van der Waals surface area contributed by atoms with E-state index >= 15 is 0 Å². The summed E-state index contributed by atoms with van der Waals surface area (Å²) < 4.78 is 8.53. The van der Waals surface area contributed by atoms with E-state index in [0.29, 0.717) is 24.2 Å². The number of aromatic amines is 1. The van der Waals surface area contributed by atoms with Crippen LogP contribution in [0.2, 0.25) is 0 Å². The molecule has 2 aromatic rings. The molecule has 2 aliphatic heterocycles. The fourth-order valence-electron chi connectivity index (χ4n) is 2.83. The number of fused-ring (bicyclic) bond motifs is 2. The summed E-state index contributed by atoms with van der Waals surface area (Å²) >= 11 is 0. The molecule has 25 heavy (non-hydrogen) atoms. The van der Waals surface area contributed by atoms with Gasteiger partial charge in [0.25, 0.3) is 5.56 Å². The van der Waals surface area contributed by atoms with Gasteiger partial charge in [0.2, 0.25) is 0 Å². The van der Waals surface area contributed by atoms with Crippen molar-refractivity contribution in [1.29, 1.82) is 0 Å². The third-order valence-electron chi connectivity index (χ3n) is 4.06. The van der Waals surface area contributed by atoms with Gasteiger partial charge in [0.15, 0.2) is 0 Å². The van der Waals surface area contributed by atoms with E-state index in [9.17, 15) is 9.59 Å². The average Bonchev–Trinajstić information content (AvgIpc) is 3.22. The van der Waals surface area contributed by atoms with Crippen molar-refractivity contribution in [2.45, 2.75) is 13.0 Å². The fraction of sp³-hybridized carbons (Fsp3) is 0.176. The minimum Gasteiger partial charge on any atom is -0.465 e. The zero-order valence-corrected chi connectivity index (χ0v) is 13.5. The molecule has 4 rings (SSSR count). The first kappa shape index (κ1) is 15.1. The van der Waals surface area contributed by atoms with Crippen molar-refractivity contribution in [3.05, 3.63) is 64.6 Å². The summed E-state index contributed by atoms with van der Waals surface area (Å²) in [6, 6.07) is 5.82. The molecule has 2 aromatic heterocycles. The van der Waals surface area contributed by atoms with Gasteiger partial charge in [0.05, 0.1) is 18.4 Å². The van der Waals surface area contributed by atoms with E-state index in [4.69, 9.17) is 4.74 Å². The van der Waals surface area contributed by atoms with Crippen molar-refractivity contribution < 1.29 is 9.53 Å². The van der Waals surface area contributed by atoms with Crippen LogP contribution in [0.3, 0.4) is 0 Å². The maximum atomic E-state index is 12.0. The van der Waals surface area contributed by atoms with Crippen LogP contribution < -0.4 is 5.56 Å². The molecule has 2 aliphatic rings. The van der Waals surface area contributed by atoms with Crippen LogP contribution in [0.1, 0.15) is 16.1 Å². The standard InChI is InChI=1S/C17H15N5O3/c1-25-17(24)13-10-21(9-12-15(13)19-20-16(12)23)7-5-11-8-22-6-3-2-4-14(22)18-11/h2-4,6,8-10H,5,7H2,1H3,(H,20,23). The fourth-order valence-corrected chi connectivity index (χ4v) is 2.83. The Morgan fingerprint density at radius 2 is 2.16 bits per heavy atom. The second kappa shape index (κ2) is 5.90. The molecule has 8 heteroatoms. The van der Waals surface area contributed by atoms with Gasteiger partial charge in [0.1, 0.15) is 16.9 Å². The highest BCUT2D eigenvalue weighted by Crippen LogP contribution is 2.20.